The number of aromatic carboxylic acids is 1. The van der Waals surface area contributed by atoms with E-state index in [4.69, 9.17) is 5.11 Å². The Labute approximate surface area is 81.6 Å². The number of hydrogen-bond donors (Lipinski definition) is 1. The van der Waals surface area contributed by atoms with Crippen LogP contribution in [-0.4, -0.2) is 15.5 Å². The Balaban J connectivity index is 2.76. The van der Waals surface area contributed by atoms with Crippen molar-refractivity contribution in [3.8, 4) is 0 Å². The monoisotopic (exact) mass is 189 g/mol. The van der Waals surface area contributed by atoms with E-state index < -0.39 is 5.97 Å². The molecule has 0 unspecified atom stereocenters. The third-order valence-corrected chi connectivity index (χ3v) is 2.29. The van der Waals surface area contributed by atoms with Crippen molar-refractivity contribution in [1.82, 2.24) is 4.40 Å². The predicted octanol–water partition coefficient (Wildman–Crippen LogP) is 2.25. The molecule has 2 heterocycles. The second-order valence-corrected chi connectivity index (χ2v) is 3.53. The Morgan fingerprint density at radius 3 is 2.64 bits per heavy atom. The van der Waals surface area contributed by atoms with Gasteiger partial charge in [-0.25, -0.2) is 4.79 Å². The average molecular weight is 189 g/mol. The molecule has 0 saturated heterocycles. The van der Waals surface area contributed by atoms with E-state index in [0.717, 1.165) is 16.6 Å². The Kier molecular flexibility index (Phi) is 1.81. The van der Waals surface area contributed by atoms with Gasteiger partial charge in [-0.1, -0.05) is 6.07 Å². The summed E-state index contributed by atoms with van der Waals surface area (Å²) in [5.41, 5.74) is 3.51. The van der Waals surface area contributed by atoms with E-state index in [1.54, 1.807) is 12.3 Å². The summed E-state index contributed by atoms with van der Waals surface area (Å²) in [6.07, 6.45) is 3.56. The molecule has 3 nitrogen and oxygen atoms in total. The van der Waals surface area contributed by atoms with E-state index in [9.17, 15) is 4.79 Å². The number of rotatable bonds is 1. The van der Waals surface area contributed by atoms with E-state index in [2.05, 4.69) is 0 Å². The molecule has 1 N–H and O–H groups in total. The molecule has 0 aliphatic carbocycles. The molecule has 2 rings (SSSR count). The minimum Gasteiger partial charge on any atom is -0.478 e. The van der Waals surface area contributed by atoms with Gasteiger partial charge in [0.25, 0.3) is 0 Å². The van der Waals surface area contributed by atoms with Crippen molar-refractivity contribution in [2.24, 2.45) is 0 Å². The summed E-state index contributed by atoms with van der Waals surface area (Å²) < 4.78 is 1.86. The quantitative estimate of drug-likeness (QED) is 0.747. The molecule has 0 aliphatic heterocycles. The summed E-state index contributed by atoms with van der Waals surface area (Å²) in [4.78, 5) is 10.8. The zero-order chi connectivity index (χ0) is 10.3. The van der Waals surface area contributed by atoms with Crippen molar-refractivity contribution in [3.63, 3.8) is 0 Å². The second kappa shape index (κ2) is 2.87. The minimum absolute atomic E-state index is 0.332. The van der Waals surface area contributed by atoms with Crippen LogP contribution in [0.5, 0.6) is 0 Å². The van der Waals surface area contributed by atoms with Gasteiger partial charge < -0.3 is 9.51 Å². The van der Waals surface area contributed by atoms with Crippen molar-refractivity contribution < 1.29 is 9.90 Å². The van der Waals surface area contributed by atoms with Gasteiger partial charge >= 0.3 is 5.97 Å². The lowest BCUT2D eigenvalue weighted by molar-refractivity contribution is 0.0697. The maximum Gasteiger partial charge on any atom is 0.337 e. The van der Waals surface area contributed by atoms with Crippen LogP contribution >= 0.6 is 0 Å². The van der Waals surface area contributed by atoms with Crippen molar-refractivity contribution in [2.75, 3.05) is 0 Å². The highest BCUT2D eigenvalue weighted by Gasteiger charge is 2.07. The zero-order valence-corrected chi connectivity index (χ0v) is 8.11. The van der Waals surface area contributed by atoms with E-state index in [1.807, 2.05) is 30.5 Å². The third-order valence-electron chi connectivity index (χ3n) is 2.29. The van der Waals surface area contributed by atoms with Crippen molar-refractivity contribution in [3.05, 3.63) is 41.2 Å². The molecule has 14 heavy (non-hydrogen) atoms. The third kappa shape index (κ3) is 1.27. The molecule has 0 aromatic carbocycles. The molecule has 0 amide bonds. The summed E-state index contributed by atoms with van der Waals surface area (Å²) in [6.45, 7) is 3.97. The summed E-state index contributed by atoms with van der Waals surface area (Å²) in [6, 6.07) is 3.73. The van der Waals surface area contributed by atoms with Crippen LogP contribution in [-0.2, 0) is 0 Å². The largest absolute Gasteiger partial charge is 0.478 e. The molecule has 0 aliphatic rings. The van der Waals surface area contributed by atoms with Crippen LogP contribution in [0.25, 0.3) is 5.52 Å². The van der Waals surface area contributed by atoms with Crippen LogP contribution in [0.3, 0.4) is 0 Å². The first-order valence-electron chi connectivity index (χ1n) is 4.40. The highest BCUT2D eigenvalue weighted by Crippen LogP contribution is 2.16. The molecule has 0 fully saturated rings. The average Bonchev–Trinajstić information content (AvgIpc) is 2.47. The lowest BCUT2D eigenvalue weighted by Gasteiger charge is -2.00. The van der Waals surface area contributed by atoms with Gasteiger partial charge in [0.2, 0.25) is 0 Å². The van der Waals surface area contributed by atoms with Crippen LogP contribution in [0, 0.1) is 13.8 Å². The number of aromatic nitrogens is 1. The molecule has 2 aromatic heterocycles. The lowest BCUT2D eigenvalue weighted by atomic mass is 10.2. The van der Waals surface area contributed by atoms with E-state index in [0.29, 0.717) is 5.56 Å². The number of fused-ring (bicyclic) bond motifs is 1. The standard InChI is InChI=1S/C11H11NO2/c1-7-3-8(2)10-4-9(11(13)14)6-12(10)5-7/h3-6H,1-2H3,(H,13,14). The van der Waals surface area contributed by atoms with Gasteiger partial charge in [0, 0.05) is 17.9 Å². The van der Waals surface area contributed by atoms with Gasteiger partial charge in [-0.3, -0.25) is 0 Å². The zero-order valence-electron chi connectivity index (χ0n) is 8.11. The summed E-state index contributed by atoms with van der Waals surface area (Å²) in [7, 11) is 0. The Morgan fingerprint density at radius 1 is 1.29 bits per heavy atom. The van der Waals surface area contributed by atoms with Crippen LogP contribution in [0.1, 0.15) is 21.5 Å². The summed E-state index contributed by atoms with van der Waals surface area (Å²) in [5, 5.41) is 8.83. The van der Waals surface area contributed by atoms with Gasteiger partial charge in [-0.05, 0) is 31.0 Å². The van der Waals surface area contributed by atoms with Crippen molar-refractivity contribution in [1.29, 1.82) is 0 Å². The predicted molar refractivity (Wildman–Crippen MR) is 53.8 cm³/mol. The Bertz CT molecular complexity index is 511. The first kappa shape index (κ1) is 8.81. The van der Waals surface area contributed by atoms with Crippen LogP contribution < -0.4 is 0 Å². The highest BCUT2D eigenvalue weighted by molar-refractivity contribution is 5.89. The van der Waals surface area contributed by atoms with E-state index >= 15 is 0 Å². The number of nitrogens with zero attached hydrogens (tertiary/aromatic N) is 1. The minimum atomic E-state index is -0.884. The molecular formula is C11H11NO2. The molecule has 2 aromatic rings. The summed E-state index contributed by atoms with van der Waals surface area (Å²) in [5.74, 6) is -0.884. The number of pyridine rings is 1. The summed E-state index contributed by atoms with van der Waals surface area (Å²) >= 11 is 0. The van der Waals surface area contributed by atoms with Gasteiger partial charge in [-0.15, -0.1) is 0 Å². The molecule has 0 spiro atoms. The molecule has 0 atom stereocenters. The fourth-order valence-corrected chi connectivity index (χ4v) is 1.69. The fraction of sp³-hybridized carbons (Fsp3) is 0.182. The van der Waals surface area contributed by atoms with Crippen LogP contribution in [0.2, 0.25) is 0 Å². The number of carbonyl (C=O) groups is 1. The molecule has 0 radical (unpaired) electrons. The van der Waals surface area contributed by atoms with Gasteiger partial charge in [0.1, 0.15) is 0 Å². The molecule has 72 valence electrons. The molecule has 0 bridgehead atoms. The van der Waals surface area contributed by atoms with Crippen LogP contribution in [0.4, 0.5) is 0 Å². The molecule has 3 heteroatoms. The Morgan fingerprint density at radius 2 is 2.00 bits per heavy atom. The van der Waals surface area contributed by atoms with Crippen molar-refractivity contribution >= 4 is 11.5 Å². The maximum absolute atomic E-state index is 10.8. The van der Waals surface area contributed by atoms with Crippen molar-refractivity contribution in [2.45, 2.75) is 13.8 Å². The maximum atomic E-state index is 10.8. The number of aryl methyl sites for hydroxylation is 2. The first-order valence-corrected chi connectivity index (χ1v) is 4.40. The number of carboxylic acid groups (broad SMARTS) is 1. The van der Waals surface area contributed by atoms with E-state index in [1.165, 1.54) is 0 Å². The van der Waals surface area contributed by atoms with Crippen LogP contribution in [0.15, 0.2) is 24.5 Å². The lowest BCUT2D eigenvalue weighted by Crippen LogP contribution is -1.92. The van der Waals surface area contributed by atoms with E-state index in [-0.39, 0.29) is 0 Å². The smallest absolute Gasteiger partial charge is 0.337 e. The second-order valence-electron chi connectivity index (χ2n) is 3.53. The van der Waals surface area contributed by atoms with Gasteiger partial charge in [0.05, 0.1) is 5.56 Å². The Hall–Kier alpha value is -1.77. The van der Waals surface area contributed by atoms with Gasteiger partial charge in [0.15, 0.2) is 0 Å². The first-order chi connectivity index (χ1) is 6.58. The normalized spacial score (nSPS) is 10.7. The fourth-order valence-electron chi connectivity index (χ4n) is 1.69. The number of carboxylic acids is 1. The molecule has 0 saturated carbocycles. The van der Waals surface area contributed by atoms with Gasteiger partial charge in [-0.2, -0.15) is 0 Å². The SMILES string of the molecule is Cc1cc(C)c2cc(C(=O)O)cn2c1. The topological polar surface area (TPSA) is 41.7 Å². The highest BCUT2D eigenvalue weighted by atomic mass is 16.4. The molecular weight excluding hydrogens is 178 g/mol. The number of hydrogen-bond acceptors (Lipinski definition) is 1.